The van der Waals surface area contributed by atoms with Crippen molar-refractivity contribution in [2.45, 2.75) is 26.2 Å². The van der Waals surface area contributed by atoms with Crippen molar-refractivity contribution in [3.8, 4) is 17.2 Å². The van der Waals surface area contributed by atoms with E-state index in [4.69, 9.17) is 36.8 Å². The molecular formula is C29H20Cl2O7. The highest BCUT2D eigenvalue weighted by molar-refractivity contribution is 6.32. The molecule has 5 aromatic rings. The fraction of sp³-hybridized carbons (Fsp3) is 0.172. The molecule has 7 nitrogen and oxygen atoms in total. The molecule has 0 unspecified atom stereocenters. The minimum atomic E-state index is -1.25. The molecule has 3 aromatic carbocycles. The second-order valence-electron chi connectivity index (χ2n) is 9.40. The SMILES string of the molecule is Cc1cc2oc(=O)c(C(c3ccc4c(c3)CCO4)c3c(O)c4cc(Cl)c(C)cc4oc3=O)c(O)c2cc1Cl. The molecule has 0 saturated carbocycles. The molecule has 2 aromatic heterocycles. The number of hydrogen-bond donors (Lipinski definition) is 2. The molecule has 1 aliphatic rings. The standard InChI is InChI=1S/C29H20Cl2O7/c1-12-7-21-16(10-18(12)30)26(32)24(28(34)37-21)23(15-3-4-20-14(9-15)5-6-36-20)25-27(33)17-11-19(31)13(2)8-22(17)38-29(25)35/h3-4,7-11,23,32-33H,5-6H2,1-2H3. The number of fused-ring (bicyclic) bond motifs is 3. The van der Waals surface area contributed by atoms with Crippen molar-refractivity contribution in [1.29, 1.82) is 0 Å². The fourth-order valence-corrected chi connectivity index (χ4v) is 5.34. The molecule has 38 heavy (non-hydrogen) atoms. The van der Waals surface area contributed by atoms with E-state index < -0.39 is 28.7 Å². The number of hydrogen-bond acceptors (Lipinski definition) is 7. The van der Waals surface area contributed by atoms with Gasteiger partial charge in [-0.1, -0.05) is 35.3 Å². The van der Waals surface area contributed by atoms with Crippen LogP contribution >= 0.6 is 23.2 Å². The summed E-state index contributed by atoms with van der Waals surface area (Å²) < 4.78 is 16.8. The summed E-state index contributed by atoms with van der Waals surface area (Å²) in [5.41, 5.74) is 0.669. The number of rotatable bonds is 3. The molecule has 0 bridgehead atoms. The van der Waals surface area contributed by atoms with Crippen LogP contribution in [0.15, 0.2) is 60.9 Å². The predicted molar refractivity (Wildman–Crippen MR) is 144 cm³/mol. The number of halogens is 2. The van der Waals surface area contributed by atoms with Gasteiger partial charge in [-0.05, 0) is 66.4 Å². The summed E-state index contributed by atoms with van der Waals surface area (Å²) in [5, 5.41) is 24.0. The molecule has 0 aliphatic carbocycles. The topological polar surface area (TPSA) is 110 Å². The third-order valence-electron chi connectivity index (χ3n) is 7.01. The van der Waals surface area contributed by atoms with Gasteiger partial charge in [0.2, 0.25) is 0 Å². The van der Waals surface area contributed by atoms with Crippen LogP contribution in [0.25, 0.3) is 21.9 Å². The summed E-state index contributed by atoms with van der Waals surface area (Å²) in [6.07, 6.45) is 0.621. The lowest BCUT2D eigenvalue weighted by molar-refractivity contribution is 0.357. The number of aromatic hydroxyl groups is 2. The van der Waals surface area contributed by atoms with Crippen LogP contribution in [0, 0.1) is 13.8 Å². The van der Waals surface area contributed by atoms with Crippen LogP contribution in [0.5, 0.6) is 17.2 Å². The van der Waals surface area contributed by atoms with Gasteiger partial charge in [0, 0.05) is 16.5 Å². The summed E-state index contributed by atoms with van der Waals surface area (Å²) >= 11 is 12.6. The Morgan fingerprint density at radius 1 is 0.789 bits per heavy atom. The van der Waals surface area contributed by atoms with Gasteiger partial charge in [-0.3, -0.25) is 0 Å². The van der Waals surface area contributed by atoms with E-state index in [1.807, 2.05) is 0 Å². The fourth-order valence-electron chi connectivity index (χ4n) is 5.02. The second-order valence-corrected chi connectivity index (χ2v) is 10.2. The zero-order chi connectivity index (χ0) is 26.9. The Labute approximate surface area is 225 Å². The van der Waals surface area contributed by atoms with Gasteiger partial charge in [0.25, 0.3) is 0 Å². The molecule has 9 heteroatoms. The first-order valence-electron chi connectivity index (χ1n) is 11.8. The van der Waals surface area contributed by atoms with E-state index in [0.29, 0.717) is 45.5 Å². The molecule has 0 atom stereocenters. The van der Waals surface area contributed by atoms with Gasteiger partial charge in [-0.15, -0.1) is 0 Å². The van der Waals surface area contributed by atoms with Crippen molar-refractivity contribution in [1.82, 2.24) is 0 Å². The zero-order valence-electron chi connectivity index (χ0n) is 20.2. The van der Waals surface area contributed by atoms with Crippen molar-refractivity contribution < 1.29 is 23.8 Å². The Bertz CT molecular complexity index is 1810. The Morgan fingerprint density at radius 3 is 1.84 bits per heavy atom. The lowest BCUT2D eigenvalue weighted by atomic mass is 9.83. The largest absolute Gasteiger partial charge is 0.507 e. The van der Waals surface area contributed by atoms with Crippen molar-refractivity contribution in [2.24, 2.45) is 0 Å². The van der Waals surface area contributed by atoms with Crippen LogP contribution in [0.3, 0.4) is 0 Å². The van der Waals surface area contributed by atoms with Crippen LogP contribution < -0.4 is 16.0 Å². The maximum atomic E-state index is 13.4. The molecular weight excluding hydrogens is 531 g/mol. The molecule has 1 aliphatic heterocycles. The van der Waals surface area contributed by atoms with Gasteiger partial charge in [0.15, 0.2) is 0 Å². The average molecular weight is 551 g/mol. The first kappa shape index (κ1) is 24.4. The third-order valence-corrected chi connectivity index (χ3v) is 7.83. The summed E-state index contributed by atoms with van der Waals surface area (Å²) in [7, 11) is 0. The lowest BCUT2D eigenvalue weighted by Gasteiger charge is -2.20. The molecule has 0 saturated heterocycles. The van der Waals surface area contributed by atoms with E-state index in [0.717, 1.165) is 5.56 Å². The maximum absolute atomic E-state index is 13.4. The molecule has 2 N–H and O–H groups in total. The van der Waals surface area contributed by atoms with Gasteiger partial charge in [0.05, 0.1) is 34.4 Å². The first-order valence-corrected chi connectivity index (χ1v) is 12.6. The summed E-state index contributed by atoms with van der Waals surface area (Å²) in [5.74, 6) is -1.40. The second kappa shape index (κ2) is 8.82. The molecule has 0 radical (unpaired) electrons. The molecule has 192 valence electrons. The first-order chi connectivity index (χ1) is 18.1. The van der Waals surface area contributed by atoms with E-state index in [-0.39, 0.29) is 33.1 Å². The van der Waals surface area contributed by atoms with E-state index in [2.05, 4.69) is 0 Å². The van der Waals surface area contributed by atoms with Crippen molar-refractivity contribution in [2.75, 3.05) is 6.61 Å². The van der Waals surface area contributed by atoms with Crippen LogP contribution in [-0.2, 0) is 6.42 Å². The van der Waals surface area contributed by atoms with Crippen molar-refractivity contribution >= 4 is 45.1 Å². The van der Waals surface area contributed by atoms with Crippen molar-refractivity contribution in [3.05, 3.63) is 107 Å². The van der Waals surface area contributed by atoms with E-state index in [1.54, 1.807) is 44.2 Å². The highest BCUT2D eigenvalue weighted by Gasteiger charge is 2.33. The van der Waals surface area contributed by atoms with Crippen LogP contribution in [0.1, 0.15) is 39.3 Å². The average Bonchev–Trinajstić information content (AvgIpc) is 3.34. The van der Waals surface area contributed by atoms with Gasteiger partial charge >= 0.3 is 11.3 Å². The summed E-state index contributed by atoms with van der Waals surface area (Å²) in [6.45, 7) is 3.98. The number of aryl methyl sites for hydroxylation is 2. The minimum Gasteiger partial charge on any atom is -0.507 e. The molecule has 3 heterocycles. The Kier molecular flexibility index (Phi) is 5.67. The van der Waals surface area contributed by atoms with E-state index >= 15 is 0 Å². The van der Waals surface area contributed by atoms with Gasteiger partial charge < -0.3 is 23.8 Å². The highest BCUT2D eigenvalue weighted by Crippen LogP contribution is 2.44. The zero-order valence-corrected chi connectivity index (χ0v) is 21.7. The number of benzene rings is 3. The van der Waals surface area contributed by atoms with E-state index in [1.165, 1.54) is 12.1 Å². The Balaban J connectivity index is 1.72. The molecule has 0 spiro atoms. The molecule has 6 rings (SSSR count). The molecule has 0 fully saturated rings. The Hall–Kier alpha value is -3.94. The highest BCUT2D eigenvalue weighted by atomic mass is 35.5. The van der Waals surface area contributed by atoms with Crippen LogP contribution in [-0.4, -0.2) is 16.8 Å². The Morgan fingerprint density at radius 2 is 1.32 bits per heavy atom. The number of ether oxygens (including phenoxy) is 1. The lowest BCUT2D eigenvalue weighted by Crippen LogP contribution is -2.21. The van der Waals surface area contributed by atoms with Gasteiger partial charge in [-0.2, -0.15) is 0 Å². The smallest absolute Gasteiger partial charge is 0.344 e. The van der Waals surface area contributed by atoms with Gasteiger partial charge in [-0.25, -0.2) is 9.59 Å². The monoisotopic (exact) mass is 550 g/mol. The minimum absolute atomic E-state index is 0.135. The summed E-state index contributed by atoms with van der Waals surface area (Å²) in [6, 6.07) is 11.3. The summed E-state index contributed by atoms with van der Waals surface area (Å²) in [4.78, 5) is 26.9. The van der Waals surface area contributed by atoms with E-state index in [9.17, 15) is 19.8 Å². The quantitative estimate of drug-likeness (QED) is 0.252. The maximum Gasteiger partial charge on any atom is 0.344 e. The predicted octanol–water partition coefficient (Wildman–Crippen LogP) is 6.35. The van der Waals surface area contributed by atoms with Crippen LogP contribution in [0.4, 0.5) is 0 Å². The van der Waals surface area contributed by atoms with Crippen molar-refractivity contribution in [3.63, 3.8) is 0 Å². The molecule has 0 amide bonds. The van der Waals surface area contributed by atoms with Gasteiger partial charge in [0.1, 0.15) is 28.4 Å². The normalized spacial score (nSPS) is 12.9. The van der Waals surface area contributed by atoms with Crippen LogP contribution in [0.2, 0.25) is 10.0 Å². The third kappa shape index (κ3) is 3.73.